The second-order valence-corrected chi connectivity index (χ2v) is 4.86. The second-order valence-electron chi connectivity index (χ2n) is 3.63. The molecule has 0 fully saturated rings. The first-order valence-electron chi connectivity index (χ1n) is 5.08. The number of halogens is 3. The van der Waals surface area contributed by atoms with Gasteiger partial charge in [-0.15, -0.1) is 0 Å². The van der Waals surface area contributed by atoms with E-state index in [1.807, 2.05) is 0 Å². The molecule has 90 valence electrons. The molecule has 1 aromatic heterocycles. The third kappa shape index (κ3) is 2.76. The largest absolute Gasteiger partial charge is 0.244 e. The Morgan fingerprint density at radius 3 is 2.39 bits per heavy atom. The standard InChI is InChI=1S/C13H7Cl3N2/c14-10-5-9(6-11(15)7-10)12-8(1-3-17)2-4-18-13(12)16/h2,4-7H,1H2. The molecular formula is C13H7Cl3N2. The molecule has 0 amide bonds. The molecule has 0 radical (unpaired) electrons. The smallest absolute Gasteiger partial charge is 0.137 e. The minimum atomic E-state index is 0.252. The van der Waals surface area contributed by atoms with Gasteiger partial charge in [0.1, 0.15) is 5.15 Å². The summed E-state index contributed by atoms with van der Waals surface area (Å²) in [6, 6.07) is 9.00. The number of aromatic nitrogens is 1. The zero-order valence-electron chi connectivity index (χ0n) is 9.12. The molecule has 1 heterocycles. The first-order valence-corrected chi connectivity index (χ1v) is 6.22. The highest BCUT2D eigenvalue weighted by Gasteiger charge is 2.11. The van der Waals surface area contributed by atoms with Crippen molar-refractivity contribution in [1.29, 1.82) is 5.26 Å². The van der Waals surface area contributed by atoms with Crippen LogP contribution in [0.2, 0.25) is 15.2 Å². The summed E-state index contributed by atoms with van der Waals surface area (Å²) >= 11 is 18.0. The van der Waals surface area contributed by atoms with Gasteiger partial charge < -0.3 is 0 Å². The lowest BCUT2D eigenvalue weighted by molar-refractivity contribution is 1.21. The summed E-state index contributed by atoms with van der Waals surface area (Å²) < 4.78 is 0. The first kappa shape index (κ1) is 13.2. The molecule has 1 aromatic carbocycles. The van der Waals surface area contributed by atoms with Crippen LogP contribution in [0.25, 0.3) is 11.1 Å². The Balaban J connectivity index is 2.66. The fourth-order valence-corrected chi connectivity index (χ4v) is 2.52. The summed E-state index contributed by atoms with van der Waals surface area (Å²) in [5.74, 6) is 0. The lowest BCUT2D eigenvalue weighted by atomic mass is 10.0. The van der Waals surface area contributed by atoms with E-state index in [9.17, 15) is 0 Å². The van der Waals surface area contributed by atoms with Crippen LogP contribution in [0.3, 0.4) is 0 Å². The molecule has 0 spiro atoms. The second kappa shape index (κ2) is 5.58. The summed E-state index contributed by atoms with van der Waals surface area (Å²) in [4.78, 5) is 4.03. The molecule has 0 atom stereocenters. The van der Waals surface area contributed by atoms with E-state index in [2.05, 4.69) is 11.1 Å². The van der Waals surface area contributed by atoms with E-state index in [1.54, 1.807) is 30.5 Å². The fraction of sp³-hybridized carbons (Fsp3) is 0.0769. The molecule has 0 aliphatic rings. The van der Waals surface area contributed by atoms with E-state index in [0.717, 1.165) is 11.1 Å². The normalized spacial score (nSPS) is 10.1. The minimum Gasteiger partial charge on any atom is -0.244 e. The van der Waals surface area contributed by atoms with Crippen molar-refractivity contribution in [2.45, 2.75) is 6.42 Å². The molecule has 0 aliphatic heterocycles. The van der Waals surface area contributed by atoms with Crippen LogP contribution in [-0.2, 0) is 6.42 Å². The van der Waals surface area contributed by atoms with Crippen LogP contribution in [-0.4, -0.2) is 4.98 Å². The maximum atomic E-state index is 8.83. The highest BCUT2D eigenvalue weighted by molar-refractivity contribution is 6.35. The highest BCUT2D eigenvalue weighted by atomic mass is 35.5. The quantitative estimate of drug-likeness (QED) is 0.748. The molecule has 0 bridgehead atoms. The van der Waals surface area contributed by atoms with Crippen LogP contribution in [0, 0.1) is 11.3 Å². The van der Waals surface area contributed by atoms with Gasteiger partial charge in [-0.3, -0.25) is 0 Å². The Bertz CT molecular complexity index is 612. The van der Waals surface area contributed by atoms with Crippen LogP contribution in [0.1, 0.15) is 5.56 Å². The lowest BCUT2D eigenvalue weighted by Crippen LogP contribution is -1.92. The Morgan fingerprint density at radius 2 is 1.78 bits per heavy atom. The van der Waals surface area contributed by atoms with Crippen molar-refractivity contribution in [3.8, 4) is 17.2 Å². The Kier molecular flexibility index (Phi) is 4.08. The van der Waals surface area contributed by atoms with Gasteiger partial charge in [-0.1, -0.05) is 34.8 Å². The molecule has 0 N–H and O–H groups in total. The zero-order chi connectivity index (χ0) is 13.1. The van der Waals surface area contributed by atoms with E-state index >= 15 is 0 Å². The van der Waals surface area contributed by atoms with Gasteiger partial charge in [-0.2, -0.15) is 5.26 Å². The summed E-state index contributed by atoms with van der Waals surface area (Å²) in [6.07, 6.45) is 1.83. The van der Waals surface area contributed by atoms with Crippen LogP contribution >= 0.6 is 34.8 Å². The SMILES string of the molecule is N#CCc1ccnc(Cl)c1-c1cc(Cl)cc(Cl)c1. The van der Waals surface area contributed by atoms with Crippen molar-refractivity contribution >= 4 is 34.8 Å². The maximum absolute atomic E-state index is 8.83. The third-order valence-electron chi connectivity index (χ3n) is 2.41. The van der Waals surface area contributed by atoms with E-state index < -0.39 is 0 Å². The first-order chi connectivity index (χ1) is 8.61. The van der Waals surface area contributed by atoms with E-state index in [4.69, 9.17) is 40.1 Å². The van der Waals surface area contributed by atoms with Gasteiger partial charge in [0.05, 0.1) is 12.5 Å². The monoisotopic (exact) mass is 296 g/mol. The molecular weight excluding hydrogens is 291 g/mol. The molecule has 0 aliphatic carbocycles. The van der Waals surface area contributed by atoms with E-state index in [-0.39, 0.29) is 6.42 Å². The Hall–Kier alpha value is -1.27. The number of nitriles is 1. The Labute approximate surface area is 120 Å². The number of benzene rings is 1. The average Bonchev–Trinajstić information content (AvgIpc) is 2.28. The summed E-state index contributed by atoms with van der Waals surface area (Å²) in [5.41, 5.74) is 2.26. The van der Waals surface area contributed by atoms with Crippen molar-refractivity contribution < 1.29 is 0 Å². The van der Waals surface area contributed by atoms with Crippen molar-refractivity contribution in [1.82, 2.24) is 4.98 Å². The van der Waals surface area contributed by atoms with Crippen LogP contribution in [0.5, 0.6) is 0 Å². The lowest BCUT2D eigenvalue weighted by Gasteiger charge is -2.09. The number of hydrogen-bond acceptors (Lipinski definition) is 2. The van der Waals surface area contributed by atoms with Gasteiger partial charge in [-0.05, 0) is 35.4 Å². The average molecular weight is 298 g/mol. The van der Waals surface area contributed by atoms with Gasteiger partial charge in [-0.25, -0.2) is 4.98 Å². The zero-order valence-corrected chi connectivity index (χ0v) is 11.4. The van der Waals surface area contributed by atoms with Gasteiger partial charge in [0.25, 0.3) is 0 Å². The maximum Gasteiger partial charge on any atom is 0.137 e. The van der Waals surface area contributed by atoms with Crippen LogP contribution < -0.4 is 0 Å². The molecule has 2 nitrogen and oxygen atoms in total. The number of rotatable bonds is 2. The number of nitrogens with zero attached hydrogens (tertiary/aromatic N) is 2. The number of pyridine rings is 1. The topological polar surface area (TPSA) is 36.7 Å². The predicted octanol–water partition coefficient (Wildman–Crippen LogP) is 4.77. The van der Waals surface area contributed by atoms with E-state index in [0.29, 0.717) is 20.8 Å². The van der Waals surface area contributed by atoms with Crippen molar-refractivity contribution in [3.05, 3.63) is 51.2 Å². The fourth-order valence-electron chi connectivity index (χ4n) is 1.71. The Morgan fingerprint density at radius 1 is 1.11 bits per heavy atom. The van der Waals surface area contributed by atoms with Gasteiger partial charge in [0, 0.05) is 21.8 Å². The van der Waals surface area contributed by atoms with Crippen LogP contribution in [0.15, 0.2) is 30.5 Å². The molecule has 0 unspecified atom stereocenters. The van der Waals surface area contributed by atoms with Gasteiger partial charge >= 0.3 is 0 Å². The highest BCUT2D eigenvalue weighted by Crippen LogP contribution is 2.33. The molecule has 0 saturated heterocycles. The van der Waals surface area contributed by atoms with Crippen molar-refractivity contribution in [2.75, 3.05) is 0 Å². The van der Waals surface area contributed by atoms with Gasteiger partial charge in [0.2, 0.25) is 0 Å². The minimum absolute atomic E-state index is 0.252. The molecule has 0 saturated carbocycles. The van der Waals surface area contributed by atoms with Crippen molar-refractivity contribution in [2.24, 2.45) is 0 Å². The van der Waals surface area contributed by atoms with Gasteiger partial charge in [0.15, 0.2) is 0 Å². The predicted molar refractivity (Wildman–Crippen MR) is 74.0 cm³/mol. The number of hydrogen-bond donors (Lipinski definition) is 0. The molecule has 5 heteroatoms. The summed E-state index contributed by atoms with van der Waals surface area (Å²) in [6.45, 7) is 0. The third-order valence-corrected chi connectivity index (χ3v) is 3.13. The van der Waals surface area contributed by atoms with E-state index in [1.165, 1.54) is 0 Å². The van der Waals surface area contributed by atoms with Crippen LogP contribution in [0.4, 0.5) is 0 Å². The molecule has 2 rings (SSSR count). The van der Waals surface area contributed by atoms with Crippen molar-refractivity contribution in [3.63, 3.8) is 0 Å². The molecule has 2 aromatic rings. The molecule has 18 heavy (non-hydrogen) atoms. The summed E-state index contributed by atoms with van der Waals surface area (Å²) in [7, 11) is 0. The summed E-state index contributed by atoms with van der Waals surface area (Å²) in [5, 5.41) is 10.2.